The minimum absolute atomic E-state index is 0.0272. The van der Waals surface area contributed by atoms with Crippen molar-refractivity contribution in [3.05, 3.63) is 48.6 Å². The van der Waals surface area contributed by atoms with Gasteiger partial charge in [-0.1, -0.05) is 282 Å². The van der Waals surface area contributed by atoms with Crippen LogP contribution in [0.1, 0.15) is 458 Å². The summed E-state index contributed by atoms with van der Waals surface area (Å²) in [5, 5.41) is 11.5. The number of hydrogen-bond donors (Lipinski definition) is 4. The van der Waals surface area contributed by atoms with E-state index in [0.717, 1.165) is 154 Å². The number of carbonyl (C=O) groups excluding carboxylic acids is 10. The Morgan fingerprint density at radius 2 is 0.485 bits per heavy atom. The van der Waals surface area contributed by atoms with Gasteiger partial charge in [0.2, 0.25) is 35.4 Å². The zero-order chi connectivity index (χ0) is 98.9. The van der Waals surface area contributed by atoms with Crippen molar-refractivity contribution in [2.75, 3.05) is 138 Å². The van der Waals surface area contributed by atoms with E-state index in [1.807, 2.05) is 6.92 Å². The van der Waals surface area contributed by atoms with Crippen molar-refractivity contribution in [3.63, 3.8) is 0 Å². The van der Waals surface area contributed by atoms with Crippen LogP contribution < -0.4 is 21.3 Å². The first-order valence-corrected chi connectivity index (χ1v) is 55.5. The van der Waals surface area contributed by atoms with Crippen LogP contribution in [0.2, 0.25) is 0 Å². The Morgan fingerprint density at radius 1 is 0.228 bits per heavy atom. The maximum Gasteiger partial charge on any atom is 0.305 e. The molecular weight excluding hydrogens is 1720 g/mol. The summed E-state index contributed by atoms with van der Waals surface area (Å²) in [6.45, 7) is 15.9. The molecule has 1 atom stereocenters. The summed E-state index contributed by atoms with van der Waals surface area (Å²) in [6, 6.07) is -1.01. The van der Waals surface area contributed by atoms with Gasteiger partial charge >= 0.3 is 23.9 Å². The Hall–Kier alpha value is -6.54. The lowest BCUT2D eigenvalue weighted by Crippen LogP contribution is -2.47. The average molecular weight is 1920 g/mol. The van der Waals surface area contributed by atoms with Crippen molar-refractivity contribution >= 4 is 59.3 Å². The molecular formula is C111H202N6O19. The van der Waals surface area contributed by atoms with E-state index in [0.29, 0.717) is 124 Å². The molecule has 25 nitrogen and oxygen atoms in total. The fourth-order valence-corrected chi connectivity index (χ4v) is 15.6. The van der Waals surface area contributed by atoms with Crippen LogP contribution in [-0.4, -0.2) is 213 Å². The number of nitrogens with zero attached hydrogens (tertiary/aromatic N) is 2. The van der Waals surface area contributed by atoms with Crippen molar-refractivity contribution in [1.29, 1.82) is 0 Å². The molecule has 4 N–H and O–H groups in total. The quantitative estimate of drug-likeness (QED) is 0.0190. The highest BCUT2D eigenvalue weighted by Gasteiger charge is 2.24. The summed E-state index contributed by atoms with van der Waals surface area (Å²) in [4.78, 5) is 136. The molecule has 0 radical (unpaired) electrons. The normalized spacial score (nSPS) is 11.8. The second kappa shape index (κ2) is 106. The molecule has 136 heavy (non-hydrogen) atoms. The van der Waals surface area contributed by atoms with Crippen LogP contribution in [0.5, 0.6) is 0 Å². The molecule has 0 aromatic carbocycles. The van der Waals surface area contributed by atoms with Crippen LogP contribution in [0.25, 0.3) is 0 Å². The monoisotopic (exact) mass is 1920 g/mol. The third kappa shape index (κ3) is 96.3. The van der Waals surface area contributed by atoms with Crippen molar-refractivity contribution in [2.45, 2.75) is 464 Å². The Kier molecular flexibility index (Phi) is 101. The topological polar surface area (TPSA) is 308 Å². The highest BCUT2D eigenvalue weighted by molar-refractivity contribution is 5.89. The maximum absolute atomic E-state index is 14.1. The summed E-state index contributed by atoms with van der Waals surface area (Å²) in [6.07, 6.45) is 80.8. The molecule has 0 aliphatic carbocycles. The van der Waals surface area contributed by atoms with Crippen LogP contribution in [0.4, 0.5) is 0 Å². The third-order valence-electron chi connectivity index (χ3n) is 24.1. The number of esters is 4. The van der Waals surface area contributed by atoms with Crippen molar-refractivity contribution in [2.24, 2.45) is 0 Å². The molecule has 0 saturated heterocycles. The van der Waals surface area contributed by atoms with Gasteiger partial charge in [0.15, 0.2) is 0 Å². The fraction of sp³-hybridized carbons (Fsp3) is 0.838. The molecule has 0 heterocycles. The summed E-state index contributed by atoms with van der Waals surface area (Å²) in [5.41, 5.74) is 0. The fourth-order valence-electron chi connectivity index (χ4n) is 15.6. The van der Waals surface area contributed by atoms with E-state index in [2.05, 4.69) is 97.6 Å². The zero-order valence-electron chi connectivity index (χ0n) is 87.4. The molecule has 0 unspecified atom stereocenters. The molecule has 0 saturated carbocycles. The smallest absolute Gasteiger partial charge is 0.305 e. The highest BCUT2D eigenvalue weighted by Crippen LogP contribution is 2.18. The van der Waals surface area contributed by atoms with Crippen LogP contribution in [0.3, 0.4) is 0 Å². The Bertz CT molecular complexity index is 2800. The number of carbonyl (C=O) groups is 10. The number of unbranched alkanes of at least 4 members (excludes halogenated alkanes) is 45. The van der Waals surface area contributed by atoms with E-state index >= 15 is 0 Å². The number of hydrogen-bond acceptors (Lipinski definition) is 19. The molecule has 0 rings (SSSR count). The van der Waals surface area contributed by atoms with Crippen molar-refractivity contribution in [3.8, 4) is 0 Å². The van der Waals surface area contributed by atoms with Crippen LogP contribution in [0, 0.1) is 0 Å². The summed E-state index contributed by atoms with van der Waals surface area (Å²) in [7, 11) is 0. The Labute approximate surface area is 827 Å². The minimum atomic E-state index is -1.01. The van der Waals surface area contributed by atoms with Crippen molar-refractivity contribution in [1.82, 2.24) is 31.1 Å². The van der Waals surface area contributed by atoms with Crippen LogP contribution in [0.15, 0.2) is 48.6 Å². The minimum Gasteiger partial charge on any atom is -0.464 e. The van der Waals surface area contributed by atoms with E-state index in [9.17, 15) is 47.9 Å². The Balaban J connectivity index is 6.00. The van der Waals surface area contributed by atoms with E-state index in [1.54, 1.807) is 0 Å². The SMILES string of the molecule is CCCCCCCC/C=C\CCCCCCCC(=O)OCCN(CCOC(=O)CCCCCCC/C=C\CCCCCCCC)C(=O)CCC(=O)NCCCC[C@H](NC(=O)CCC(=O)N(CCOC(=O)CCCCCCC/C=C\CCCCCCCC)CCOC(=O)CCCCCCC/C=C\CCCCCCCC)C(=O)NCCCOCCOCCOCCCNC(=O)CCOCCOCC. The van der Waals surface area contributed by atoms with Gasteiger partial charge in [-0.3, -0.25) is 47.9 Å². The summed E-state index contributed by atoms with van der Waals surface area (Å²) >= 11 is 0. The highest BCUT2D eigenvalue weighted by atomic mass is 16.6. The van der Waals surface area contributed by atoms with Gasteiger partial charge in [-0.05, 0) is 167 Å². The molecule has 0 aliphatic rings. The van der Waals surface area contributed by atoms with E-state index in [-0.39, 0.29) is 172 Å². The average Bonchev–Trinajstić information content (AvgIpc) is 0.909. The predicted molar refractivity (Wildman–Crippen MR) is 552 cm³/mol. The standard InChI is InChI=1S/C111H202N6O19/c1-6-11-15-19-23-27-31-35-39-43-47-51-55-59-63-72-107(123)133-91-84-116(85-92-134-108(124)73-64-60-56-52-48-44-40-36-32-28-24-20-16-12-7-2)105(121)78-76-102(118)112-81-68-67-71-101(111(127)114-83-70-89-130-98-100-132-99-97-129-88-69-82-113-103(119)80-90-131-96-95-128-10-5)115-104(120)77-79-106(122)117(86-93-135-109(125)74-65-61-57-53-49-45-41-37-33-29-25-21-17-13-8-3)87-94-136-110(126)75-66-62-58-54-50-46-42-38-34-30-26-22-18-14-9-4/h35-42,101H,6-34,43-100H2,1-5H3,(H,112,118)(H,113,119)(H,114,127)(H,115,120)/b39-35-,40-36-,41-37-,42-38-/t101-/m0/s1. The maximum atomic E-state index is 14.1. The summed E-state index contributed by atoms with van der Waals surface area (Å²) in [5.74, 6) is -3.57. The van der Waals surface area contributed by atoms with Gasteiger partial charge in [0.1, 0.15) is 32.5 Å². The summed E-state index contributed by atoms with van der Waals surface area (Å²) < 4.78 is 50.3. The van der Waals surface area contributed by atoms with Crippen molar-refractivity contribution < 1.29 is 90.6 Å². The van der Waals surface area contributed by atoms with Gasteiger partial charge in [-0.2, -0.15) is 0 Å². The molecule has 0 aromatic heterocycles. The molecule has 0 bridgehead atoms. The van der Waals surface area contributed by atoms with E-state index < -0.39 is 23.8 Å². The lowest BCUT2D eigenvalue weighted by atomic mass is 10.1. The number of rotatable bonds is 106. The van der Waals surface area contributed by atoms with Crippen LogP contribution >= 0.6 is 0 Å². The molecule has 790 valence electrons. The first kappa shape index (κ1) is 129. The molecule has 0 aromatic rings. The molecule has 25 heteroatoms. The first-order valence-electron chi connectivity index (χ1n) is 55.5. The first-order chi connectivity index (χ1) is 66.7. The van der Waals surface area contributed by atoms with Gasteiger partial charge in [-0.25, -0.2) is 0 Å². The predicted octanol–water partition coefficient (Wildman–Crippen LogP) is 23.8. The molecule has 0 aliphatic heterocycles. The largest absolute Gasteiger partial charge is 0.464 e. The number of ether oxygens (including phenoxy) is 9. The van der Waals surface area contributed by atoms with Crippen LogP contribution in [-0.2, 0) is 90.6 Å². The molecule has 0 fully saturated rings. The number of amides is 6. The Morgan fingerprint density at radius 3 is 0.801 bits per heavy atom. The third-order valence-corrected chi connectivity index (χ3v) is 24.1. The van der Waals surface area contributed by atoms with Gasteiger partial charge in [0.25, 0.3) is 0 Å². The second-order valence-corrected chi connectivity index (χ2v) is 36.7. The second-order valence-electron chi connectivity index (χ2n) is 36.7. The van der Waals surface area contributed by atoms with E-state index in [4.69, 9.17) is 42.6 Å². The van der Waals surface area contributed by atoms with Gasteiger partial charge in [0, 0.05) is 97.2 Å². The molecule has 6 amide bonds. The molecule has 0 spiro atoms. The number of nitrogens with one attached hydrogen (secondary N) is 4. The van der Waals surface area contributed by atoms with E-state index in [1.165, 1.54) is 164 Å². The van der Waals surface area contributed by atoms with Gasteiger partial charge in [0.05, 0.1) is 72.4 Å². The zero-order valence-corrected chi connectivity index (χ0v) is 87.4. The van der Waals surface area contributed by atoms with Gasteiger partial charge in [-0.15, -0.1) is 0 Å². The number of allylic oxidation sites excluding steroid dienone is 8. The lowest BCUT2D eigenvalue weighted by Gasteiger charge is -2.23. The van der Waals surface area contributed by atoms with Gasteiger partial charge < -0.3 is 73.7 Å². The lowest BCUT2D eigenvalue weighted by molar-refractivity contribution is -0.148.